The van der Waals surface area contributed by atoms with E-state index in [0.29, 0.717) is 0 Å². The molecular weight excluding hydrogens is 228 g/mol. The minimum absolute atomic E-state index is 0.0173. The van der Waals surface area contributed by atoms with Crippen molar-refractivity contribution in [1.29, 1.82) is 0 Å². The molecule has 1 amide bonds. The Bertz CT molecular complexity index is 416. The number of rotatable bonds is 4. The zero-order chi connectivity index (χ0) is 13.0. The van der Waals surface area contributed by atoms with E-state index in [1.54, 1.807) is 0 Å². The van der Waals surface area contributed by atoms with Crippen LogP contribution in [0, 0.1) is 0 Å². The maximum atomic E-state index is 12.2. The number of aliphatic hydroxyl groups is 1. The summed E-state index contributed by atoms with van der Waals surface area (Å²) in [5.41, 5.74) is 2.28. The normalized spacial score (nSPS) is 20.0. The molecule has 1 unspecified atom stereocenters. The van der Waals surface area contributed by atoms with Gasteiger partial charge in [-0.3, -0.25) is 4.79 Å². The van der Waals surface area contributed by atoms with Crippen LogP contribution < -0.4 is 10.6 Å². The van der Waals surface area contributed by atoms with Gasteiger partial charge in [-0.2, -0.15) is 0 Å². The molecule has 0 aliphatic carbocycles. The molecule has 0 saturated heterocycles. The molecule has 0 spiro atoms. The molecule has 0 aromatic heterocycles. The van der Waals surface area contributed by atoms with Crippen molar-refractivity contribution in [2.24, 2.45) is 0 Å². The number of carbonyl (C=O) groups excluding carboxylic acids is 1. The number of aliphatic hydroxyl groups excluding tert-OH is 1. The summed E-state index contributed by atoms with van der Waals surface area (Å²) in [5.74, 6) is -0.0527. The number of hydrogen-bond donors (Lipinski definition) is 3. The van der Waals surface area contributed by atoms with Gasteiger partial charge in [0.2, 0.25) is 5.91 Å². The first-order chi connectivity index (χ1) is 8.76. The first-order valence-electron chi connectivity index (χ1n) is 6.48. The second-order valence-corrected chi connectivity index (χ2v) is 4.63. The number of nitrogens with one attached hydrogen (secondary N) is 2. The minimum atomic E-state index is -0.296. The van der Waals surface area contributed by atoms with Crippen molar-refractivity contribution < 1.29 is 9.90 Å². The Hall–Kier alpha value is -1.39. The van der Waals surface area contributed by atoms with Crippen LogP contribution in [-0.4, -0.2) is 30.2 Å². The van der Waals surface area contributed by atoms with E-state index in [1.807, 2.05) is 25.1 Å². The quantitative estimate of drug-likeness (QED) is 0.737. The van der Waals surface area contributed by atoms with Crippen molar-refractivity contribution in [3.8, 4) is 0 Å². The van der Waals surface area contributed by atoms with E-state index in [2.05, 4.69) is 16.7 Å². The summed E-state index contributed by atoms with van der Waals surface area (Å²) >= 11 is 0. The second-order valence-electron chi connectivity index (χ2n) is 4.63. The SMILES string of the molecule is CC[C@H](CO)NC(=O)C1NCCc2ccccc21. The van der Waals surface area contributed by atoms with Crippen molar-refractivity contribution in [3.63, 3.8) is 0 Å². The maximum Gasteiger partial charge on any atom is 0.242 e. The third-order valence-electron chi connectivity index (χ3n) is 3.43. The Labute approximate surface area is 107 Å². The van der Waals surface area contributed by atoms with Crippen LogP contribution in [0.2, 0.25) is 0 Å². The predicted octanol–water partition coefficient (Wildman–Crippen LogP) is 0.760. The summed E-state index contributed by atoms with van der Waals surface area (Å²) in [6.45, 7) is 2.74. The van der Waals surface area contributed by atoms with Gasteiger partial charge in [-0.25, -0.2) is 0 Å². The summed E-state index contributed by atoms with van der Waals surface area (Å²) in [4.78, 5) is 12.2. The van der Waals surface area contributed by atoms with E-state index in [1.165, 1.54) is 5.56 Å². The van der Waals surface area contributed by atoms with Crippen LogP contribution in [0.4, 0.5) is 0 Å². The molecule has 3 N–H and O–H groups in total. The number of carbonyl (C=O) groups is 1. The highest BCUT2D eigenvalue weighted by Crippen LogP contribution is 2.22. The van der Waals surface area contributed by atoms with Crippen LogP contribution in [-0.2, 0) is 11.2 Å². The van der Waals surface area contributed by atoms with Gasteiger partial charge in [0.25, 0.3) is 0 Å². The van der Waals surface area contributed by atoms with E-state index >= 15 is 0 Å². The summed E-state index contributed by atoms with van der Waals surface area (Å²) in [7, 11) is 0. The molecule has 2 rings (SSSR count). The minimum Gasteiger partial charge on any atom is -0.394 e. The second kappa shape index (κ2) is 5.98. The molecule has 1 aromatic carbocycles. The molecule has 98 valence electrons. The Morgan fingerprint density at radius 1 is 1.56 bits per heavy atom. The molecule has 0 saturated carbocycles. The Balaban J connectivity index is 2.12. The lowest BCUT2D eigenvalue weighted by Crippen LogP contribution is -2.46. The van der Waals surface area contributed by atoms with Gasteiger partial charge >= 0.3 is 0 Å². The highest BCUT2D eigenvalue weighted by Gasteiger charge is 2.26. The fourth-order valence-corrected chi connectivity index (χ4v) is 2.30. The molecule has 1 aromatic rings. The van der Waals surface area contributed by atoms with Gasteiger partial charge in [-0.1, -0.05) is 31.2 Å². The molecule has 4 heteroatoms. The standard InChI is InChI=1S/C14H20N2O2/c1-2-11(9-17)16-14(18)13-12-6-4-3-5-10(12)7-8-15-13/h3-6,11,13,15,17H,2,7-9H2,1H3,(H,16,18)/t11-,13?/m1/s1. The zero-order valence-corrected chi connectivity index (χ0v) is 10.6. The lowest BCUT2D eigenvalue weighted by molar-refractivity contribution is -0.124. The van der Waals surface area contributed by atoms with Crippen molar-refractivity contribution in [2.45, 2.75) is 31.8 Å². The van der Waals surface area contributed by atoms with Gasteiger partial charge in [0, 0.05) is 6.54 Å². The number of amides is 1. The van der Waals surface area contributed by atoms with Crippen LogP contribution in [0.5, 0.6) is 0 Å². The molecule has 4 nitrogen and oxygen atoms in total. The van der Waals surface area contributed by atoms with Crippen molar-refractivity contribution in [3.05, 3.63) is 35.4 Å². The highest BCUT2D eigenvalue weighted by atomic mass is 16.3. The number of fused-ring (bicyclic) bond motifs is 1. The van der Waals surface area contributed by atoms with Crippen LogP contribution >= 0.6 is 0 Å². The average molecular weight is 248 g/mol. The van der Waals surface area contributed by atoms with Crippen LogP contribution in [0.3, 0.4) is 0 Å². The topological polar surface area (TPSA) is 61.4 Å². The van der Waals surface area contributed by atoms with Gasteiger partial charge in [0.1, 0.15) is 6.04 Å². The Morgan fingerprint density at radius 3 is 3.06 bits per heavy atom. The first kappa shape index (κ1) is 13.1. The largest absolute Gasteiger partial charge is 0.394 e. The molecule has 2 atom stereocenters. The summed E-state index contributed by atoms with van der Waals surface area (Å²) in [5, 5.41) is 15.2. The van der Waals surface area contributed by atoms with Crippen LogP contribution in [0.25, 0.3) is 0 Å². The van der Waals surface area contributed by atoms with Gasteiger partial charge < -0.3 is 15.7 Å². The van der Waals surface area contributed by atoms with Crippen molar-refractivity contribution in [2.75, 3.05) is 13.2 Å². The molecule has 1 aliphatic rings. The van der Waals surface area contributed by atoms with E-state index < -0.39 is 0 Å². The third kappa shape index (κ3) is 2.71. The third-order valence-corrected chi connectivity index (χ3v) is 3.43. The first-order valence-corrected chi connectivity index (χ1v) is 6.48. The van der Waals surface area contributed by atoms with E-state index in [9.17, 15) is 4.79 Å². The predicted molar refractivity (Wildman–Crippen MR) is 70.2 cm³/mol. The maximum absolute atomic E-state index is 12.2. The Morgan fingerprint density at radius 2 is 2.33 bits per heavy atom. The van der Waals surface area contributed by atoms with Gasteiger partial charge in [0.15, 0.2) is 0 Å². The summed E-state index contributed by atoms with van der Waals surface area (Å²) in [6.07, 6.45) is 1.69. The zero-order valence-electron chi connectivity index (χ0n) is 10.6. The molecule has 0 radical (unpaired) electrons. The smallest absolute Gasteiger partial charge is 0.242 e. The summed E-state index contributed by atoms with van der Waals surface area (Å²) in [6, 6.07) is 7.56. The molecule has 0 fully saturated rings. The Kier molecular flexibility index (Phi) is 4.33. The van der Waals surface area contributed by atoms with Crippen LogP contribution in [0.1, 0.15) is 30.5 Å². The molecule has 1 aliphatic heterocycles. The monoisotopic (exact) mass is 248 g/mol. The highest BCUT2D eigenvalue weighted by molar-refractivity contribution is 5.84. The molecule has 1 heterocycles. The van der Waals surface area contributed by atoms with Gasteiger partial charge in [-0.05, 0) is 24.0 Å². The van der Waals surface area contributed by atoms with Gasteiger partial charge in [-0.15, -0.1) is 0 Å². The lowest BCUT2D eigenvalue weighted by Gasteiger charge is -2.27. The molecule has 18 heavy (non-hydrogen) atoms. The van der Waals surface area contributed by atoms with E-state index in [4.69, 9.17) is 5.11 Å². The number of benzene rings is 1. The van der Waals surface area contributed by atoms with E-state index in [0.717, 1.165) is 24.9 Å². The fourth-order valence-electron chi connectivity index (χ4n) is 2.30. The van der Waals surface area contributed by atoms with Crippen LogP contribution in [0.15, 0.2) is 24.3 Å². The fraction of sp³-hybridized carbons (Fsp3) is 0.500. The lowest BCUT2D eigenvalue weighted by atomic mass is 9.94. The molecule has 0 bridgehead atoms. The van der Waals surface area contributed by atoms with Crippen molar-refractivity contribution >= 4 is 5.91 Å². The van der Waals surface area contributed by atoms with Crippen molar-refractivity contribution in [1.82, 2.24) is 10.6 Å². The average Bonchev–Trinajstić information content (AvgIpc) is 2.43. The molecular formula is C14H20N2O2. The number of hydrogen-bond acceptors (Lipinski definition) is 3. The van der Waals surface area contributed by atoms with E-state index in [-0.39, 0.29) is 24.6 Å². The van der Waals surface area contributed by atoms with Gasteiger partial charge in [0.05, 0.1) is 12.6 Å². The summed E-state index contributed by atoms with van der Waals surface area (Å²) < 4.78 is 0.